The fourth-order valence-electron chi connectivity index (χ4n) is 3.33. The Bertz CT molecular complexity index is 490. The Hall–Kier alpha value is -1.77. The van der Waals surface area contributed by atoms with Crippen molar-refractivity contribution in [1.82, 2.24) is 0 Å². The average molecular weight is 271 g/mol. The normalized spacial score (nSPS) is 29.6. The molecule has 1 aromatic rings. The van der Waals surface area contributed by atoms with Gasteiger partial charge in [-0.3, -0.25) is 4.79 Å². The Labute approximate surface area is 120 Å². The lowest BCUT2D eigenvalue weighted by Gasteiger charge is -2.06. The third kappa shape index (κ3) is 2.72. The Morgan fingerprint density at radius 2 is 1.70 bits per heavy atom. The lowest BCUT2D eigenvalue weighted by molar-refractivity contribution is -0.117. The highest BCUT2D eigenvalue weighted by Crippen LogP contribution is 2.53. The van der Waals surface area contributed by atoms with Crippen molar-refractivity contribution >= 4 is 11.6 Å². The molecule has 0 heterocycles. The molecule has 0 aromatic heterocycles. The Kier molecular flexibility index (Phi) is 3.77. The third-order valence-electron chi connectivity index (χ3n) is 4.49. The maximum Gasteiger partial charge on any atom is 0.228 e. The molecule has 0 unspecified atom stereocenters. The van der Waals surface area contributed by atoms with Gasteiger partial charge in [-0.25, -0.2) is 0 Å². The summed E-state index contributed by atoms with van der Waals surface area (Å²) < 4.78 is 5.12. The summed E-state index contributed by atoms with van der Waals surface area (Å²) in [4.78, 5) is 12.4. The molecule has 1 saturated carbocycles. The molecule has 0 spiro atoms. The number of hydrogen-bond acceptors (Lipinski definition) is 2. The molecule has 0 saturated heterocycles. The van der Waals surface area contributed by atoms with Crippen LogP contribution in [-0.4, -0.2) is 13.0 Å². The molecule has 1 aromatic carbocycles. The molecule has 2 aliphatic carbocycles. The Morgan fingerprint density at radius 1 is 1.10 bits per heavy atom. The predicted molar refractivity (Wildman–Crippen MR) is 79.7 cm³/mol. The van der Waals surface area contributed by atoms with E-state index in [1.54, 1.807) is 7.11 Å². The molecule has 2 aliphatic rings. The van der Waals surface area contributed by atoms with Crippen molar-refractivity contribution in [3.8, 4) is 5.75 Å². The molecule has 3 nitrogen and oxygen atoms in total. The van der Waals surface area contributed by atoms with Crippen LogP contribution in [0.5, 0.6) is 5.75 Å². The number of hydrogen-bond donors (Lipinski definition) is 1. The van der Waals surface area contributed by atoms with Crippen LogP contribution in [0.1, 0.15) is 25.7 Å². The van der Waals surface area contributed by atoms with Crippen LogP contribution in [-0.2, 0) is 4.79 Å². The first kappa shape index (κ1) is 13.2. The van der Waals surface area contributed by atoms with Gasteiger partial charge in [-0.1, -0.05) is 12.2 Å². The number of carbonyl (C=O) groups excluding carboxylic acids is 1. The number of rotatable bonds is 3. The molecule has 0 bridgehead atoms. The standard InChI is InChI=1S/C17H21NO2/c1-20-13-10-8-12(9-11-13)18-17(19)16-14-6-4-2-3-5-7-15(14)16/h2-3,8-11,14-16H,4-7H2,1H3,(H,18,19)/b3-2-/t14-,15-/m0/s1. The molecule has 0 aliphatic heterocycles. The minimum atomic E-state index is 0.187. The van der Waals surface area contributed by atoms with Gasteiger partial charge in [0.25, 0.3) is 0 Å². The van der Waals surface area contributed by atoms with Gasteiger partial charge in [0.15, 0.2) is 0 Å². The van der Waals surface area contributed by atoms with E-state index in [1.807, 2.05) is 24.3 Å². The topological polar surface area (TPSA) is 38.3 Å². The van der Waals surface area contributed by atoms with Gasteiger partial charge in [0.05, 0.1) is 7.11 Å². The number of amides is 1. The molecular weight excluding hydrogens is 250 g/mol. The summed E-state index contributed by atoms with van der Waals surface area (Å²) in [5.41, 5.74) is 0.855. The van der Waals surface area contributed by atoms with Gasteiger partial charge in [0, 0.05) is 11.6 Å². The van der Waals surface area contributed by atoms with Crippen LogP contribution in [0, 0.1) is 17.8 Å². The van der Waals surface area contributed by atoms with Crippen molar-refractivity contribution in [2.75, 3.05) is 12.4 Å². The summed E-state index contributed by atoms with van der Waals surface area (Å²) in [5.74, 6) is 2.41. The first-order chi connectivity index (χ1) is 9.79. The summed E-state index contributed by atoms with van der Waals surface area (Å²) in [6.45, 7) is 0. The molecule has 3 rings (SSSR count). The summed E-state index contributed by atoms with van der Waals surface area (Å²) in [5, 5.41) is 3.04. The van der Waals surface area contributed by atoms with Crippen molar-refractivity contribution in [1.29, 1.82) is 0 Å². The van der Waals surface area contributed by atoms with Gasteiger partial charge in [0.1, 0.15) is 5.75 Å². The molecular formula is C17H21NO2. The minimum Gasteiger partial charge on any atom is -0.497 e. The molecule has 106 valence electrons. The number of methoxy groups -OCH3 is 1. The van der Waals surface area contributed by atoms with Crippen molar-refractivity contribution in [2.24, 2.45) is 17.8 Å². The zero-order valence-electron chi connectivity index (χ0n) is 11.8. The zero-order chi connectivity index (χ0) is 13.9. The van der Waals surface area contributed by atoms with Gasteiger partial charge in [0.2, 0.25) is 5.91 Å². The van der Waals surface area contributed by atoms with Gasteiger partial charge >= 0.3 is 0 Å². The number of anilines is 1. The largest absolute Gasteiger partial charge is 0.497 e. The smallest absolute Gasteiger partial charge is 0.228 e. The highest BCUT2D eigenvalue weighted by Gasteiger charge is 2.53. The fraction of sp³-hybridized carbons (Fsp3) is 0.471. The number of carbonyl (C=O) groups is 1. The van der Waals surface area contributed by atoms with E-state index in [0.29, 0.717) is 11.8 Å². The van der Waals surface area contributed by atoms with Crippen LogP contribution < -0.4 is 10.1 Å². The molecule has 0 radical (unpaired) electrons. The number of benzene rings is 1. The second-order valence-corrected chi connectivity index (χ2v) is 5.70. The van der Waals surface area contributed by atoms with E-state index in [0.717, 1.165) is 37.1 Å². The first-order valence-corrected chi connectivity index (χ1v) is 7.39. The van der Waals surface area contributed by atoms with E-state index >= 15 is 0 Å². The van der Waals surface area contributed by atoms with E-state index in [-0.39, 0.29) is 11.8 Å². The summed E-state index contributed by atoms with van der Waals surface area (Å²) >= 11 is 0. The quantitative estimate of drug-likeness (QED) is 0.853. The van der Waals surface area contributed by atoms with Crippen molar-refractivity contribution < 1.29 is 9.53 Å². The molecule has 1 amide bonds. The number of allylic oxidation sites excluding steroid dienone is 2. The maximum absolute atomic E-state index is 12.4. The van der Waals surface area contributed by atoms with Crippen LogP contribution in [0.2, 0.25) is 0 Å². The monoisotopic (exact) mass is 271 g/mol. The second-order valence-electron chi connectivity index (χ2n) is 5.70. The van der Waals surface area contributed by atoms with E-state index in [1.165, 1.54) is 0 Å². The fourth-order valence-corrected chi connectivity index (χ4v) is 3.33. The third-order valence-corrected chi connectivity index (χ3v) is 4.49. The number of nitrogens with one attached hydrogen (secondary N) is 1. The average Bonchev–Trinajstić information content (AvgIpc) is 3.11. The lowest BCUT2D eigenvalue weighted by Crippen LogP contribution is -2.15. The van der Waals surface area contributed by atoms with Crippen molar-refractivity contribution in [3.63, 3.8) is 0 Å². The molecule has 1 fully saturated rings. The second kappa shape index (κ2) is 5.70. The van der Waals surface area contributed by atoms with E-state index in [2.05, 4.69) is 17.5 Å². The van der Waals surface area contributed by atoms with Crippen molar-refractivity contribution in [2.45, 2.75) is 25.7 Å². The molecule has 3 heteroatoms. The van der Waals surface area contributed by atoms with Crippen molar-refractivity contribution in [3.05, 3.63) is 36.4 Å². The molecule has 20 heavy (non-hydrogen) atoms. The van der Waals surface area contributed by atoms with Crippen LogP contribution >= 0.6 is 0 Å². The predicted octanol–water partition coefficient (Wildman–Crippen LogP) is 3.63. The number of fused-ring (bicyclic) bond motifs is 1. The molecule has 2 atom stereocenters. The van der Waals surface area contributed by atoms with Crippen LogP contribution in [0.3, 0.4) is 0 Å². The van der Waals surface area contributed by atoms with E-state index in [4.69, 9.17) is 4.74 Å². The zero-order valence-corrected chi connectivity index (χ0v) is 11.8. The van der Waals surface area contributed by atoms with Crippen LogP contribution in [0.4, 0.5) is 5.69 Å². The van der Waals surface area contributed by atoms with Crippen LogP contribution in [0.25, 0.3) is 0 Å². The van der Waals surface area contributed by atoms with Crippen LogP contribution in [0.15, 0.2) is 36.4 Å². The summed E-state index contributed by atoms with van der Waals surface area (Å²) in [7, 11) is 1.64. The Balaban J connectivity index is 1.59. The number of ether oxygens (including phenoxy) is 1. The summed E-state index contributed by atoms with van der Waals surface area (Å²) in [6, 6.07) is 7.52. The SMILES string of the molecule is COc1ccc(NC(=O)C2[C@H]3CC/C=C\CC[C@H]23)cc1. The van der Waals surface area contributed by atoms with Gasteiger partial charge in [-0.2, -0.15) is 0 Å². The minimum absolute atomic E-state index is 0.187. The highest BCUT2D eigenvalue weighted by atomic mass is 16.5. The highest BCUT2D eigenvalue weighted by molar-refractivity contribution is 5.94. The Morgan fingerprint density at radius 3 is 2.25 bits per heavy atom. The lowest BCUT2D eigenvalue weighted by atomic mass is 10.1. The van der Waals surface area contributed by atoms with E-state index in [9.17, 15) is 4.79 Å². The molecule has 1 N–H and O–H groups in total. The first-order valence-electron chi connectivity index (χ1n) is 7.39. The van der Waals surface area contributed by atoms with E-state index < -0.39 is 0 Å². The summed E-state index contributed by atoms with van der Waals surface area (Å²) in [6.07, 6.45) is 9.06. The van der Waals surface area contributed by atoms with Gasteiger partial charge < -0.3 is 10.1 Å². The van der Waals surface area contributed by atoms with Gasteiger partial charge in [-0.05, 0) is 61.8 Å². The van der Waals surface area contributed by atoms with Gasteiger partial charge in [-0.15, -0.1) is 0 Å². The maximum atomic E-state index is 12.4.